The first-order valence-electron chi connectivity index (χ1n) is 6.16. The van der Waals surface area contributed by atoms with Crippen LogP contribution in [0.15, 0.2) is 22.0 Å². The number of hydrogen-bond donors (Lipinski definition) is 1. The van der Waals surface area contributed by atoms with Crippen molar-refractivity contribution in [3.63, 3.8) is 0 Å². The third kappa shape index (κ3) is 3.80. The topological polar surface area (TPSA) is 77.0 Å². The molecule has 1 aliphatic heterocycles. The van der Waals surface area contributed by atoms with Crippen molar-refractivity contribution in [2.75, 3.05) is 14.2 Å². The number of carbonyl (C=O) groups is 2. The number of benzene rings is 1. The standard InChI is InChI=1S/C14H13IN2O4S/c1-7(18)16-14-17-13(19)11(22-14)6-8-4-9(15)12(21-3)10(5-8)20-2/h4-6H,1-3H3,(H,16,17,18,19)/b11-6-. The number of aliphatic imine (C=N–C) groups is 1. The Labute approximate surface area is 145 Å². The molecule has 0 saturated heterocycles. The van der Waals surface area contributed by atoms with Crippen LogP contribution < -0.4 is 14.8 Å². The molecule has 22 heavy (non-hydrogen) atoms. The maximum absolute atomic E-state index is 11.8. The molecular weight excluding hydrogens is 419 g/mol. The van der Waals surface area contributed by atoms with Crippen molar-refractivity contribution in [1.29, 1.82) is 0 Å². The highest BCUT2D eigenvalue weighted by Gasteiger charge is 2.22. The number of thioether (sulfide) groups is 1. The Morgan fingerprint density at radius 3 is 2.68 bits per heavy atom. The molecule has 1 aromatic carbocycles. The van der Waals surface area contributed by atoms with Gasteiger partial charge in [0.15, 0.2) is 16.7 Å². The Bertz CT molecular complexity index is 700. The Kier molecular flexibility index (Phi) is 5.46. The van der Waals surface area contributed by atoms with E-state index in [4.69, 9.17) is 9.47 Å². The lowest BCUT2D eigenvalue weighted by Gasteiger charge is -2.10. The first kappa shape index (κ1) is 16.8. The molecule has 0 aromatic heterocycles. The summed E-state index contributed by atoms with van der Waals surface area (Å²) in [6, 6.07) is 3.65. The van der Waals surface area contributed by atoms with Gasteiger partial charge in [-0.25, -0.2) is 0 Å². The molecule has 0 unspecified atom stereocenters. The van der Waals surface area contributed by atoms with E-state index in [0.29, 0.717) is 21.6 Å². The lowest BCUT2D eigenvalue weighted by atomic mass is 10.2. The highest BCUT2D eigenvalue weighted by atomic mass is 127. The number of amidine groups is 1. The van der Waals surface area contributed by atoms with Gasteiger partial charge in [-0.1, -0.05) is 0 Å². The van der Waals surface area contributed by atoms with Crippen LogP contribution in [0.4, 0.5) is 0 Å². The average Bonchev–Trinajstić information content (AvgIpc) is 2.77. The molecule has 6 nitrogen and oxygen atoms in total. The molecule has 0 atom stereocenters. The molecule has 1 N–H and O–H groups in total. The van der Waals surface area contributed by atoms with Crippen LogP contribution in [0.2, 0.25) is 0 Å². The Morgan fingerprint density at radius 2 is 2.09 bits per heavy atom. The van der Waals surface area contributed by atoms with Gasteiger partial charge in [0.25, 0.3) is 5.91 Å². The van der Waals surface area contributed by atoms with Gasteiger partial charge >= 0.3 is 0 Å². The van der Waals surface area contributed by atoms with Crippen LogP contribution in [0.1, 0.15) is 12.5 Å². The minimum Gasteiger partial charge on any atom is -0.493 e. The summed E-state index contributed by atoms with van der Waals surface area (Å²) in [5.74, 6) is 0.588. The third-order valence-corrected chi connectivity index (χ3v) is 4.36. The first-order valence-corrected chi connectivity index (χ1v) is 8.05. The van der Waals surface area contributed by atoms with Gasteiger partial charge in [0.05, 0.1) is 22.7 Å². The molecule has 8 heteroatoms. The van der Waals surface area contributed by atoms with Crippen molar-refractivity contribution < 1.29 is 19.1 Å². The number of nitrogens with one attached hydrogen (secondary N) is 1. The quantitative estimate of drug-likeness (QED) is 0.587. The van der Waals surface area contributed by atoms with Gasteiger partial charge in [0, 0.05) is 6.92 Å². The zero-order valence-corrected chi connectivity index (χ0v) is 15.1. The normalized spacial score (nSPS) is 15.7. The van der Waals surface area contributed by atoms with E-state index >= 15 is 0 Å². The lowest BCUT2D eigenvalue weighted by Crippen LogP contribution is -2.23. The van der Waals surface area contributed by atoms with Gasteiger partial charge in [0.2, 0.25) is 5.91 Å². The second-order valence-corrected chi connectivity index (χ2v) is 6.45. The van der Waals surface area contributed by atoms with E-state index < -0.39 is 0 Å². The van der Waals surface area contributed by atoms with E-state index in [2.05, 4.69) is 32.9 Å². The molecule has 0 fully saturated rings. The van der Waals surface area contributed by atoms with E-state index in [-0.39, 0.29) is 11.8 Å². The first-order chi connectivity index (χ1) is 10.4. The summed E-state index contributed by atoms with van der Waals surface area (Å²) in [7, 11) is 3.13. The maximum Gasteiger partial charge on any atom is 0.286 e. The number of ether oxygens (including phenoxy) is 2. The molecule has 0 spiro atoms. The summed E-state index contributed by atoms with van der Waals surface area (Å²) in [5, 5.41) is 2.80. The van der Waals surface area contributed by atoms with E-state index in [0.717, 1.165) is 20.9 Å². The molecule has 1 aliphatic rings. The van der Waals surface area contributed by atoms with Crippen molar-refractivity contribution in [3.8, 4) is 11.5 Å². The van der Waals surface area contributed by atoms with E-state index in [1.807, 2.05) is 6.07 Å². The van der Waals surface area contributed by atoms with Crippen molar-refractivity contribution in [3.05, 3.63) is 26.2 Å². The number of methoxy groups -OCH3 is 2. The fraction of sp³-hybridized carbons (Fsp3) is 0.214. The number of rotatable bonds is 3. The SMILES string of the molecule is COc1cc(/C=C2\SC(NC(C)=O)=NC2=O)cc(I)c1OC. The highest BCUT2D eigenvalue weighted by molar-refractivity contribution is 14.1. The summed E-state index contributed by atoms with van der Waals surface area (Å²) < 4.78 is 11.4. The second-order valence-electron chi connectivity index (χ2n) is 4.25. The largest absolute Gasteiger partial charge is 0.493 e. The van der Waals surface area contributed by atoms with Crippen molar-refractivity contribution >= 4 is 57.4 Å². The van der Waals surface area contributed by atoms with Gasteiger partial charge in [-0.15, -0.1) is 0 Å². The molecule has 1 aromatic rings. The smallest absolute Gasteiger partial charge is 0.286 e. The minimum atomic E-state index is -0.376. The van der Waals surface area contributed by atoms with Gasteiger partial charge in [-0.3, -0.25) is 9.59 Å². The Morgan fingerprint density at radius 1 is 1.36 bits per heavy atom. The summed E-state index contributed by atoms with van der Waals surface area (Å²) in [6.07, 6.45) is 1.70. The zero-order chi connectivity index (χ0) is 16.3. The third-order valence-electron chi connectivity index (χ3n) is 2.66. The van der Waals surface area contributed by atoms with Crippen LogP contribution >= 0.6 is 34.4 Å². The van der Waals surface area contributed by atoms with Gasteiger partial charge in [-0.05, 0) is 58.1 Å². The van der Waals surface area contributed by atoms with Crippen LogP contribution in [0.25, 0.3) is 6.08 Å². The van der Waals surface area contributed by atoms with E-state index in [1.165, 1.54) is 6.92 Å². The van der Waals surface area contributed by atoms with Crippen LogP contribution in [0.5, 0.6) is 11.5 Å². The van der Waals surface area contributed by atoms with Gasteiger partial charge in [0.1, 0.15) is 0 Å². The Balaban J connectivity index is 2.29. The fourth-order valence-corrected chi connectivity index (χ4v) is 3.49. The zero-order valence-electron chi connectivity index (χ0n) is 12.1. The summed E-state index contributed by atoms with van der Waals surface area (Å²) >= 11 is 3.26. The van der Waals surface area contributed by atoms with E-state index in [9.17, 15) is 9.59 Å². The minimum absolute atomic E-state index is 0.263. The molecule has 0 saturated carbocycles. The van der Waals surface area contributed by atoms with Crippen LogP contribution in [0.3, 0.4) is 0 Å². The average molecular weight is 432 g/mol. The second kappa shape index (κ2) is 7.14. The predicted octanol–water partition coefficient (Wildman–Crippen LogP) is 2.41. The highest BCUT2D eigenvalue weighted by Crippen LogP contribution is 2.35. The van der Waals surface area contributed by atoms with Gasteiger partial charge in [-0.2, -0.15) is 4.99 Å². The molecule has 116 valence electrons. The fourth-order valence-electron chi connectivity index (χ4n) is 1.79. The molecule has 2 rings (SSSR count). The summed E-state index contributed by atoms with van der Waals surface area (Å²) in [5.41, 5.74) is 0.789. The van der Waals surface area contributed by atoms with Gasteiger partial charge < -0.3 is 14.8 Å². The van der Waals surface area contributed by atoms with Crippen LogP contribution in [-0.4, -0.2) is 31.2 Å². The molecule has 0 radical (unpaired) electrons. The number of nitrogens with zero attached hydrogens (tertiary/aromatic N) is 1. The number of hydrogen-bond acceptors (Lipinski definition) is 5. The lowest BCUT2D eigenvalue weighted by molar-refractivity contribution is -0.117. The molecule has 1 heterocycles. The van der Waals surface area contributed by atoms with Crippen LogP contribution in [-0.2, 0) is 9.59 Å². The van der Waals surface area contributed by atoms with Crippen molar-refractivity contribution in [1.82, 2.24) is 5.32 Å². The predicted molar refractivity (Wildman–Crippen MR) is 94.1 cm³/mol. The monoisotopic (exact) mass is 432 g/mol. The number of halogens is 1. The summed E-state index contributed by atoms with van der Waals surface area (Å²) in [6.45, 7) is 1.37. The van der Waals surface area contributed by atoms with Crippen molar-refractivity contribution in [2.45, 2.75) is 6.92 Å². The molecule has 0 bridgehead atoms. The Hall–Kier alpha value is -1.55. The van der Waals surface area contributed by atoms with E-state index in [1.54, 1.807) is 26.4 Å². The molecule has 0 aliphatic carbocycles. The maximum atomic E-state index is 11.8. The van der Waals surface area contributed by atoms with Crippen LogP contribution in [0, 0.1) is 3.57 Å². The molecular formula is C14H13IN2O4S. The molecule has 2 amide bonds. The number of carbonyl (C=O) groups excluding carboxylic acids is 2. The summed E-state index contributed by atoms with van der Waals surface area (Å²) in [4.78, 5) is 27.1. The number of amides is 2. The van der Waals surface area contributed by atoms with Crippen molar-refractivity contribution in [2.24, 2.45) is 4.99 Å².